The highest BCUT2D eigenvalue weighted by atomic mass is 15.5. The number of hydrogen-bond donors (Lipinski definition) is 2. The number of hydrogen-bond acceptors (Lipinski definition) is 6. The van der Waals surface area contributed by atoms with Gasteiger partial charge in [-0.15, -0.1) is 10.2 Å². The van der Waals surface area contributed by atoms with Crippen molar-refractivity contribution < 1.29 is 0 Å². The van der Waals surface area contributed by atoms with E-state index in [1.54, 1.807) is 0 Å². The molecular formula is C29H32N8. The molecule has 0 fully saturated rings. The van der Waals surface area contributed by atoms with Gasteiger partial charge in [0.25, 0.3) is 0 Å². The van der Waals surface area contributed by atoms with Crippen LogP contribution < -0.4 is 5.73 Å². The van der Waals surface area contributed by atoms with E-state index in [-0.39, 0.29) is 0 Å². The molecule has 37 heavy (non-hydrogen) atoms. The number of rotatable bonds is 11. The van der Waals surface area contributed by atoms with Crippen molar-refractivity contribution >= 4 is 5.69 Å². The first kappa shape index (κ1) is 24.4. The highest BCUT2D eigenvalue weighted by Gasteiger charge is 2.13. The van der Waals surface area contributed by atoms with Gasteiger partial charge in [-0.25, -0.2) is 9.67 Å². The van der Waals surface area contributed by atoms with Gasteiger partial charge in [0.1, 0.15) is 5.82 Å². The van der Waals surface area contributed by atoms with E-state index in [1.165, 1.54) is 24.0 Å². The molecule has 8 nitrogen and oxygen atoms in total. The highest BCUT2D eigenvalue weighted by Crippen LogP contribution is 2.29. The summed E-state index contributed by atoms with van der Waals surface area (Å²) >= 11 is 0. The summed E-state index contributed by atoms with van der Waals surface area (Å²) < 4.78 is 2.07. The quantitative estimate of drug-likeness (QED) is 0.192. The van der Waals surface area contributed by atoms with E-state index in [0.717, 1.165) is 59.7 Å². The average molecular weight is 493 g/mol. The summed E-state index contributed by atoms with van der Waals surface area (Å²) in [5, 5.41) is 19.4. The van der Waals surface area contributed by atoms with E-state index >= 15 is 0 Å². The normalized spacial score (nSPS) is 11.2. The number of benzene rings is 3. The van der Waals surface area contributed by atoms with Crippen molar-refractivity contribution in [2.24, 2.45) is 0 Å². The maximum atomic E-state index is 5.85. The average Bonchev–Trinajstić information content (AvgIpc) is 3.60. The van der Waals surface area contributed by atoms with Crippen molar-refractivity contribution in [3.63, 3.8) is 0 Å². The molecule has 5 rings (SSSR count). The van der Waals surface area contributed by atoms with E-state index in [9.17, 15) is 0 Å². The summed E-state index contributed by atoms with van der Waals surface area (Å²) in [4.78, 5) is 4.92. The van der Waals surface area contributed by atoms with Crippen LogP contribution in [0, 0.1) is 0 Å². The zero-order valence-electron chi connectivity index (χ0n) is 21.1. The van der Waals surface area contributed by atoms with Crippen LogP contribution >= 0.6 is 0 Å². The van der Waals surface area contributed by atoms with E-state index in [4.69, 9.17) is 15.8 Å². The molecule has 0 aliphatic rings. The van der Waals surface area contributed by atoms with Crippen molar-refractivity contribution in [1.82, 2.24) is 35.4 Å². The fourth-order valence-electron chi connectivity index (χ4n) is 4.49. The first-order valence-corrected chi connectivity index (χ1v) is 12.9. The Morgan fingerprint density at radius 1 is 0.811 bits per heavy atom. The third-order valence-electron chi connectivity index (χ3n) is 6.52. The number of nitrogens with zero attached hydrogens (tertiary/aromatic N) is 6. The molecule has 8 heteroatoms. The molecule has 3 N–H and O–H groups in total. The van der Waals surface area contributed by atoms with E-state index < -0.39 is 0 Å². The molecule has 0 spiro atoms. The van der Waals surface area contributed by atoms with Crippen LogP contribution in [-0.2, 0) is 25.8 Å². The first-order valence-electron chi connectivity index (χ1n) is 12.9. The molecule has 5 aromatic rings. The van der Waals surface area contributed by atoms with Crippen LogP contribution in [0.25, 0.3) is 22.5 Å². The van der Waals surface area contributed by atoms with Gasteiger partial charge < -0.3 is 5.73 Å². The Bertz CT molecular complexity index is 1400. The number of tetrazole rings is 1. The van der Waals surface area contributed by atoms with Crippen LogP contribution in [0.3, 0.4) is 0 Å². The summed E-state index contributed by atoms with van der Waals surface area (Å²) in [6.07, 6.45) is 6.16. The number of aryl methyl sites for hydroxylation is 3. The molecule has 0 aliphatic heterocycles. The Morgan fingerprint density at radius 2 is 1.57 bits per heavy atom. The second-order valence-corrected chi connectivity index (χ2v) is 9.28. The molecule has 0 amide bonds. The Hall–Kier alpha value is -4.33. The van der Waals surface area contributed by atoms with E-state index in [1.807, 2.05) is 30.3 Å². The van der Waals surface area contributed by atoms with Gasteiger partial charge in [0.2, 0.25) is 5.82 Å². The van der Waals surface area contributed by atoms with Gasteiger partial charge in [-0.05, 0) is 52.4 Å². The van der Waals surface area contributed by atoms with Crippen molar-refractivity contribution in [2.75, 3.05) is 5.73 Å². The minimum atomic E-state index is 0.587. The number of nitrogen functional groups attached to an aromatic ring is 1. The summed E-state index contributed by atoms with van der Waals surface area (Å²) in [7, 11) is 0. The van der Waals surface area contributed by atoms with Crippen LogP contribution in [-0.4, -0.2) is 35.4 Å². The van der Waals surface area contributed by atoms with Gasteiger partial charge in [0.05, 0.1) is 6.54 Å². The molecule has 0 radical (unpaired) electrons. The predicted molar refractivity (Wildman–Crippen MR) is 146 cm³/mol. The Balaban J connectivity index is 1.34. The summed E-state index contributed by atoms with van der Waals surface area (Å²) in [5.74, 6) is 2.55. The molecule has 0 unspecified atom stereocenters. The summed E-state index contributed by atoms with van der Waals surface area (Å²) in [6.45, 7) is 2.90. The monoisotopic (exact) mass is 492 g/mol. The van der Waals surface area contributed by atoms with Crippen LogP contribution in [0.15, 0.2) is 72.8 Å². The summed E-state index contributed by atoms with van der Waals surface area (Å²) in [6, 6.07) is 24.8. The Morgan fingerprint density at radius 3 is 2.30 bits per heavy atom. The lowest BCUT2D eigenvalue weighted by Gasteiger charge is -2.09. The lowest BCUT2D eigenvalue weighted by Crippen LogP contribution is -2.08. The van der Waals surface area contributed by atoms with E-state index in [0.29, 0.717) is 12.4 Å². The topological polar surface area (TPSA) is 111 Å². The minimum absolute atomic E-state index is 0.587. The van der Waals surface area contributed by atoms with Gasteiger partial charge in [-0.2, -0.15) is 10.3 Å². The molecule has 0 atom stereocenters. The van der Waals surface area contributed by atoms with Crippen molar-refractivity contribution in [2.45, 2.75) is 52.0 Å². The predicted octanol–water partition coefficient (Wildman–Crippen LogP) is 5.27. The number of aromatic nitrogens is 7. The van der Waals surface area contributed by atoms with Gasteiger partial charge in [0, 0.05) is 24.1 Å². The van der Waals surface area contributed by atoms with E-state index in [2.05, 4.69) is 74.7 Å². The number of anilines is 1. The molecule has 3 aromatic carbocycles. The van der Waals surface area contributed by atoms with Crippen LogP contribution in [0.5, 0.6) is 0 Å². The largest absolute Gasteiger partial charge is 0.399 e. The molecule has 2 heterocycles. The van der Waals surface area contributed by atoms with Crippen molar-refractivity contribution in [3.8, 4) is 22.5 Å². The van der Waals surface area contributed by atoms with Crippen LogP contribution in [0.2, 0.25) is 0 Å². The molecule has 0 saturated carbocycles. The van der Waals surface area contributed by atoms with Gasteiger partial charge in [-0.1, -0.05) is 80.4 Å². The molecule has 2 aromatic heterocycles. The Kier molecular flexibility index (Phi) is 7.64. The molecular weight excluding hydrogens is 460 g/mol. The van der Waals surface area contributed by atoms with Crippen molar-refractivity contribution in [1.29, 1.82) is 0 Å². The fraction of sp³-hybridized carbons (Fsp3) is 0.276. The number of nitrogens with one attached hydrogen (secondary N) is 1. The van der Waals surface area contributed by atoms with Crippen LogP contribution in [0.1, 0.15) is 49.0 Å². The second kappa shape index (κ2) is 11.6. The first-order chi connectivity index (χ1) is 18.2. The smallest absolute Gasteiger partial charge is 0.205 e. The number of H-pyrrole nitrogens is 1. The molecule has 188 valence electrons. The zero-order valence-corrected chi connectivity index (χ0v) is 21.1. The molecule has 0 aliphatic carbocycles. The standard InChI is InChI=1S/C29H32N8/c1-2-3-4-9-27-31-28(19-14-21-12-17-24(30)18-13-21)37(34-27)20-22-10-15-23(16-11-22)25-7-5-6-8-26(25)29-32-35-36-33-29/h5-8,10-13,15-18H,2-4,9,14,19-20,30H2,1H3,(H,32,33,35,36). The number of unbranched alkanes of at least 4 members (excludes halogenated alkanes) is 2. The lowest BCUT2D eigenvalue weighted by atomic mass is 9.98. The number of aromatic amines is 1. The maximum Gasteiger partial charge on any atom is 0.205 e. The maximum absolute atomic E-state index is 5.85. The minimum Gasteiger partial charge on any atom is -0.399 e. The number of nitrogens with two attached hydrogens (primary N) is 1. The van der Waals surface area contributed by atoms with Crippen LogP contribution in [0.4, 0.5) is 5.69 Å². The second-order valence-electron chi connectivity index (χ2n) is 9.28. The van der Waals surface area contributed by atoms with Crippen molar-refractivity contribution in [3.05, 3.63) is 95.6 Å². The van der Waals surface area contributed by atoms with Gasteiger partial charge in [-0.3, -0.25) is 0 Å². The van der Waals surface area contributed by atoms with Gasteiger partial charge in [0.15, 0.2) is 5.82 Å². The molecule has 0 bridgehead atoms. The SMILES string of the molecule is CCCCCc1nc(CCc2ccc(N)cc2)n(Cc2ccc(-c3ccccc3-c3nn[nH]n3)cc2)n1. The fourth-order valence-corrected chi connectivity index (χ4v) is 4.49. The van der Waals surface area contributed by atoms with Gasteiger partial charge >= 0.3 is 0 Å². The Labute approximate surface area is 217 Å². The molecule has 0 saturated heterocycles. The zero-order chi connectivity index (χ0) is 25.5. The third kappa shape index (κ3) is 6.09. The third-order valence-corrected chi connectivity index (χ3v) is 6.52. The summed E-state index contributed by atoms with van der Waals surface area (Å²) in [5.41, 5.74) is 12.2. The lowest BCUT2D eigenvalue weighted by molar-refractivity contribution is 0.621. The highest BCUT2D eigenvalue weighted by molar-refractivity contribution is 5.80.